The summed E-state index contributed by atoms with van der Waals surface area (Å²) < 4.78 is 7.81. The van der Waals surface area contributed by atoms with Crippen molar-refractivity contribution in [3.63, 3.8) is 0 Å². The first-order chi connectivity index (χ1) is 19.7. The molecular formula is C37H37N2O+. The highest BCUT2D eigenvalue weighted by Crippen LogP contribution is 2.50. The van der Waals surface area contributed by atoms with E-state index >= 15 is 0 Å². The molecule has 1 aromatic heterocycles. The zero-order valence-corrected chi connectivity index (χ0v) is 23.1. The monoisotopic (exact) mass is 525 g/mol. The Kier molecular flexibility index (Phi) is 6.50. The molecule has 3 aliphatic heterocycles. The fourth-order valence-electron chi connectivity index (χ4n) is 7.90. The molecule has 4 aromatic carbocycles. The summed E-state index contributed by atoms with van der Waals surface area (Å²) in [5.74, 6) is 1.18. The topological polar surface area (TPSA) is 22.1 Å². The molecule has 0 aliphatic carbocycles. The average molecular weight is 526 g/mol. The van der Waals surface area contributed by atoms with Crippen LogP contribution in [0, 0.1) is 11.8 Å². The number of hydrogen-bond donors (Lipinski definition) is 0. The Balaban J connectivity index is 1.41. The second-order valence-corrected chi connectivity index (χ2v) is 11.8. The number of nitrogens with zero attached hydrogens (tertiary/aromatic N) is 2. The van der Waals surface area contributed by atoms with Gasteiger partial charge in [0.1, 0.15) is 18.7 Å². The van der Waals surface area contributed by atoms with Crippen LogP contribution in [0.1, 0.15) is 30.1 Å². The molecule has 3 aliphatic rings. The Bertz CT molecular complexity index is 1670. The molecule has 0 spiro atoms. The molecule has 1 unspecified atom stereocenters. The van der Waals surface area contributed by atoms with Crippen molar-refractivity contribution >= 4 is 32.4 Å². The molecule has 3 nitrogen and oxygen atoms in total. The highest BCUT2D eigenvalue weighted by molar-refractivity contribution is 6.02. The molecular weight excluding hydrogens is 488 g/mol. The minimum atomic E-state index is -0.0410. The SMILES string of the molecule is C=CCO[C@@H](c1ccnc2ccccc12)[C@H]1C[C@@H]2CC[N+]1(Cc1c3ccccc3cc3ccccc13)C[C@@H]2C=C. The van der Waals surface area contributed by atoms with Gasteiger partial charge in [0.25, 0.3) is 0 Å². The molecule has 0 saturated carbocycles. The minimum Gasteiger partial charge on any atom is -0.363 e. The molecule has 3 fully saturated rings. The van der Waals surface area contributed by atoms with Crippen LogP contribution in [0.3, 0.4) is 0 Å². The molecule has 5 aromatic rings. The molecule has 3 saturated heterocycles. The highest BCUT2D eigenvalue weighted by atomic mass is 16.5. The van der Waals surface area contributed by atoms with Crippen LogP contribution in [-0.2, 0) is 11.3 Å². The van der Waals surface area contributed by atoms with Crippen LogP contribution >= 0.6 is 0 Å². The summed E-state index contributed by atoms with van der Waals surface area (Å²) in [6, 6.07) is 31.2. The first-order valence-electron chi connectivity index (χ1n) is 14.6. The summed E-state index contributed by atoms with van der Waals surface area (Å²) >= 11 is 0. The van der Waals surface area contributed by atoms with E-state index in [0.717, 1.165) is 36.1 Å². The summed E-state index contributed by atoms with van der Waals surface area (Å²) in [5, 5.41) is 6.56. The Morgan fingerprint density at radius 3 is 2.33 bits per heavy atom. The van der Waals surface area contributed by atoms with Crippen LogP contribution in [-0.4, -0.2) is 35.2 Å². The lowest BCUT2D eigenvalue weighted by Gasteiger charge is -2.58. The van der Waals surface area contributed by atoms with Gasteiger partial charge < -0.3 is 9.22 Å². The molecule has 0 amide bonds. The fourth-order valence-corrected chi connectivity index (χ4v) is 7.90. The van der Waals surface area contributed by atoms with E-state index in [0.29, 0.717) is 24.5 Å². The molecule has 5 atom stereocenters. The molecule has 0 radical (unpaired) electrons. The van der Waals surface area contributed by atoms with Crippen LogP contribution in [0.15, 0.2) is 116 Å². The first-order valence-corrected chi connectivity index (χ1v) is 14.6. The van der Waals surface area contributed by atoms with E-state index in [4.69, 9.17) is 4.74 Å². The van der Waals surface area contributed by atoms with Gasteiger partial charge in [-0.15, -0.1) is 13.2 Å². The molecule has 4 heterocycles. The van der Waals surface area contributed by atoms with Crippen molar-refractivity contribution in [1.82, 2.24) is 4.98 Å². The van der Waals surface area contributed by atoms with Gasteiger partial charge in [0.2, 0.25) is 0 Å². The van der Waals surface area contributed by atoms with Crippen LogP contribution in [0.4, 0.5) is 0 Å². The van der Waals surface area contributed by atoms with Gasteiger partial charge in [-0.25, -0.2) is 0 Å². The van der Waals surface area contributed by atoms with E-state index < -0.39 is 0 Å². The third-order valence-corrected chi connectivity index (χ3v) is 9.76. The second-order valence-electron chi connectivity index (χ2n) is 11.8. The quantitative estimate of drug-likeness (QED) is 0.115. The predicted molar refractivity (Wildman–Crippen MR) is 166 cm³/mol. The number of fused-ring (bicyclic) bond motifs is 6. The molecule has 8 rings (SSSR count). The van der Waals surface area contributed by atoms with Crippen molar-refractivity contribution in [1.29, 1.82) is 0 Å². The van der Waals surface area contributed by atoms with E-state index in [-0.39, 0.29) is 6.10 Å². The molecule has 40 heavy (non-hydrogen) atoms. The molecule has 2 bridgehead atoms. The third kappa shape index (κ3) is 4.16. The number of ether oxygens (including phenoxy) is 1. The maximum Gasteiger partial charge on any atom is 0.135 e. The maximum atomic E-state index is 6.80. The summed E-state index contributed by atoms with van der Waals surface area (Å²) in [7, 11) is 0. The van der Waals surface area contributed by atoms with Crippen LogP contribution in [0.2, 0.25) is 0 Å². The number of aromatic nitrogens is 1. The number of hydrogen-bond acceptors (Lipinski definition) is 2. The Morgan fingerprint density at radius 2 is 1.60 bits per heavy atom. The largest absolute Gasteiger partial charge is 0.363 e. The third-order valence-electron chi connectivity index (χ3n) is 9.76. The fraction of sp³-hybridized carbons (Fsp3) is 0.270. The van der Waals surface area contributed by atoms with E-state index in [1.54, 1.807) is 0 Å². The van der Waals surface area contributed by atoms with Crippen LogP contribution in [0.25, 0.3) is 32.4 Å². The average Bonchev–Trinajstić information content (AvgIpc) is 3.01. The number of piperidine rings is 3. The number of para-hydroxylation sites is 1. The zero-order chi connectivity index (χ0) is 27.1. The zero-order valence-electron chi connectivity index (χ0n) is 23.1. The van der Waals surface area contributed by atoms with Crippen molar-refractivity contribution in [3.05, 3.63) is 128 Å². The normalized spacial score (nSPS) is 24.9. The lowest BCUT2D eigenvalue weighted by atomic mass is 9.70. The van der Waals surface area contributed by atoms with Gasteiger partial charge in [0.05, 0.1) is 25.2 Å². The van der Waals surface area contributed by atoms with E-state index in [1.165, 1.54) is 44.5 Å². The van der Waals surface area contributed by atoms with Crippen LogP contribution in [0.5, 0.6) is 0 Å². The van der Waals surface area contributed by atoms with Crippen molar-refractivity contribution in [2.45, 2.75) is 31.5 Å². The van der Waals surface area contributed by atoms with Gasteiger partial charge in [0.15, 0.2) is 0 Å². The lowest BCUT2D eigenvalue weighted by Crippen LogP contribution is -2.67. The number of quaternary nitrogens is 1. The van der Waals surface area contributed by atoms with Gasteiger partial charge in [0, 0.05) is 35.9 Å². The van der Waals surface area contributed by atoms with Crippen molar-refractivity contribution in [3.8, 4) is 0 Å². The summed E-state index contributed by atoms with van der Waals surface area (Å²) in [5.41, 5.74) is 3.74. The second kappa shape index (κ2) is 10.3. The van der Waals surface area contributed by atoms with Crippen molar-refractivity contribution in [2.75, 3.05) is 19.7 Å². The number of rotatable bonds is 8. The summed E-state index contributed by atoms with van der Waals surface area (Å²) in [4.78, 5) is 4.68. The standard InChI is InChI=1S/C37H37N2O/c1-3-21-40-37(33-17-19-38-35-16-10-9-15-32(33)35)36-23-27-18-20-39(36,24-26(27)4-2)25-34-30-13-7-5-11-28(30)22-29-12-6-8-14-31(29)34/h3-17,19,22,26-27,36-37H,1-2,18,20-21,23-25H2/q+1/t26-,27-,36+,37-,39?/m0/s1. The number of pyridine rings is 1. The Hall–Kier alpha value is -3.79. The van der Waals surface area contributed by atoms with Gasteiger partial charge in [-0.2, -0.15) is 0 Å². The van der Waals surface area contributed by atoms with Crippen molar-refractivity contribution in [2.24, 2.45) is 11.8 Å². The first kappa shape index (κ1) is 25.2. The molecule has 3 heteroatoms. The van der Waals surface area contributed by atoms with E-state index in [1.807, 2.05) is 12.3 Å². The maximum absolute atomic E-state index is 6.80. The minimum absolute atomic E-state index is 0.0410. The van der Waals surface area contributed by atoms with Gasteiger partial charge in [-0.05, 0) is 51.2 Å². The van der Waals surface area contributed by atoms with E-state index in [2.05, 4.69) is 109 Å². The predicted octanol–water partition coefficient (Wildman–Crippen LogP) is 8.40. The number of benzene rings is 4. The molecule has 0 N–H and O–H groups in total. The lowest BCUT2D eigenvalue weighted by molar-refractivity contribution is -0.984. The van der Waals surface area contributed by atoms with Gasteiger partial charge >= 0.3 is 0 Å². The van der Waals surface area contributed by atoms with E-state index in [9.17, 15) is 0 Å². The summed E-state index contributed by atoms with van der Waals surface area (Å²) in [6.07, 6.45) is 8.41. The Labute approximate surface area is 237 Å². The van der Waals surface area contributed by atoms with Crippen LogP contribution < -0.4 is 0 Å². The summed E-state index contributed by atoms with van der Waals surface area (Å²) in [6.45, 7) is 12.1. The Morgan fingerprint density at radius 1 is 0.900 bits per heavy atom. The van der Waals surface area contributed by atoms with Gasteiger partial charge in [-0.3, -0.25) is 4.98 Å². The smallest absolute Gasteiger partial charge is 0.135 e. The van der Waals surface area contributed by atoms with Crippen molar-refractivity contribution < 1.29 is 9.22 Å². The van der Waals surface area contributed by atoms with Gasteiger partial charge in [-0.1, -0.05) is 78.9 Å². The molecule has 200 valence electrons. The highest BCUT2D eigenvalue weighted by Gasteiger charge is 2.54.